The van der Waals surface area contributed by atoms with Crippen LogP contribution in [0.15, 0.2) is 77.5 Å². The van der Waals surface area contributed by atoms with Crippen molar-refractivity contribution in [2.24, 2.45) is 0 Å². The predicted octanol–water partition coefficient (Wildman–Crippen LogP) is 5.54. The number of aliphatic hydroxyl groups excluding tert-OH is 2. The van der Waals surface area contributed by atoms with Crippen LogP contribution in [0.25, 0.3) is 22.0 Å². The van der Waals surface area contributed by atoms with Crippen LogP contribution in [0.1, 0.15) is 35.2 Å². The average molecular weight is 790 g/mol. The molecule has 12 nitrogen and oxygen atoms in total. The number of nitrogens with one attached hydrogen (secondary N) is 1. The number of aromatic nitrogens is 3. The van der Waals surface area contributed by atoms with E-state index in [1.807, 2.05) is 41.2 Å². The molecule has 270 valence electrons. The Balaban J connectivity index is 1.20. The van der Waals surface area contributed by atoms with E-state index in [4.69, 9.17) is 26.2 Å². The molecule has 3 aromatic carbocycles. The summed E-state index contributed by atoms with van der Waals surface area (Å²) in [6.45, 7) is 3.10. The third-order valence-electron chi connectivity index (χ3n) is 9.00. The largest absolute Gasteiger partial charge is 0.488 e. The molecule has 0 spiro atoms. The van der Waals surface area contributed by atoms with E-state index in [2.05, 4.69) is 43.3 Å². The monoisotopic (exact) mass is 788 g/mol. The van der Waals surface area contributed by atoms with Crippen LogP contribution in [0.4, 0.5) is 0 Å². The summed E-state index contributed by atoms with van der Waals surface area (Å²) >= 11 is 10.5. The SMILES string of the molecule is N#Cc1cc(COc2cc(OCc3cccc(-c4cccc5c4cnn5CCCN4CCC(O)C4)c3Br)c(Cl)cc2CN[C@@H](CO)C(=O)O)ccn1. The Labute approximate surface area is 314 Å². The van der Waals surface area contributed by atoms with Crippen LogP contribution in [0, 0.1) is 11.3 Å². The second kappa shape index (κ2) is 17.3. The van der Waals surface area contributed by atoms with E-state index in [-0.39, 0.29) is 31.6 Å². The average Bonchev–Trinajstić information content (AvgIpc) is 3.77. The van der Waals surface area contributed by atoms with Gasteiger partial charge < -0.3 is 29.7 Å². The lowest BCUT2D eigenvalue weighted by atomic mass is 10.00. The first-order valence-electron chi connectivity index (χ1n) is 16.9. The van der Waals surface area contributed by atoms with Crippen molar-refractivity contribution in [3.8, 4) is 28.7 Å². The number of β-amino-alcohol motifs (C(OH)–C–C–N with tert-alkyl or cyclic N) is 1. The molecule has 52 heavy (non-hydrogen) atoms. The molecule has 5 aromatic rings. The number of aryl methyl sites for hydroxylation is 1. The molecule has 1 aliphatic heterocycles. The molecule has 2 atom stereocenters. The zero-order chi connectivity index (χ0) is 36.6. The fourth-order valence-corrected chi connectivity index (χ4v) is 7.07. The van der Waals surface area contributed by atoms with Crippen molar-refractivity contribution in [2.75, 3.05) is 26.2 Å². The van der Waals surface area contributed by atoms with Gasteiger partial charge in [-0.25, -0.2) is 4.98 Å². The number of benzene rings is 3. The number of ether oxygens (including phenoxy) is 2. The molecule has 1 saturated heterocycles. The van der Waals surface area contributed by atoms with E-state index in [0.29, 0.717) is 27.6 Å². The highest BCUT2D eigenvalue weighted by Crippen LogP contribution is 2.38. The van der Waals surface area contributed by atoms with Crippen molar-refractivity contribution in [3.05, 3.63) is 105 Å². The lowest BCUT2D eigenvalue weighted by Gasteiger charge is -2.18. The van der Waals surface area contributed by atoms with Crippen molar-refractivity contribution < 1.29 is 29.6 Å². The van der Waals surface area contributed by atoms with Crippen LogP contribution in [0.5, 0.6) is 11.5 Å². The van der Waals surface area contributed by atoms with E-state index in [0.717, 1.165) is 71.1 Å². The highest BCUT2D eigenvalue weighted by atomic mass is 79.9. The normalized spacial score (nSPS) is 15.1. The molecule has 0 aliphatic carbocycles. The maximum atomic E-state index is 11.5. The molecule has 6 rings (SSSR count). The summed E-state index contributed by atoms with van der Waals surface area (Å²) in [5.74, 6) is -0.447. The summed E-state index contributed by atoms with van der Waals surface area (Å²) in [6.07, 6.45) is 4.98. The Morgan fingerprint density at radius 2 is 1.88 bits per heavy atom. The number of pyridine rings is 1. The second-order valence-electron chi connectivity index (χ2n) is 12.6. The molecule has 0 radical (unpaired) electrons. The van der Waals surface area contributed by atoms with Crippen molar-refractivity contribution in [1.82, 2.24) is 25.0 Å². The number of hydrogen-bond donors (Lipinski definition) is 4. The molecular formula is C38H38BrClN6O6. The molecule has 2 aromatic heterocycles. The summed E-state index contributed by atoms with van der Waals surface area (Å²) in [7, 11) is 0. The smallest absolute Gasteiger partial charge is 0.323 e. The molecule has 0 bridgehead atoms. The van der Waals surface area contributed by atoms with Gasteiger partial charge in [-0.2, -0.15) is 10.4 Å². The van der Waals surface area contributed by atoms with Gasteiger partial charge in [-0.3, -0.25) is 14.8 Å². The Morgan fingerprint density at radius 1 is 1.08 bits per heavy atom. The second-order valence-corrected chi connectivity index (χ2v) is 13.8. The molecule has 1 aliphatic rings. The first-order valence-corrected chi connectivity index (χ1v) is 18.0. The van der Waals surface area contributed by atoms with Gasteiger partial charge in [0, 0.05) is 66.0 Å². The Morgan fingerprint density at radius 3 is 2.65 bits per heavy atom. The fourth-order valence-electron chi connectivity index (χ4n) is 6.24. The lowest BCUT2D eigenvalue weighted by molar-refractivity contribution is -0.140. The minimum Gasteiger partial charge on any atom is -0.488 e. The molecule has 1 fully saturated rings. The molecule has 4 N–H and O–H groups in total. The third kappa shape index (κ3) is 8.90. The van der Waals surface area contributed by atoms with Gasteiger partial charge in [0.15, 0.2) is 0 Å². The van der Waals surface area contributed by atoms with Crippen LogP contribution in [0.3, 0.4) is 0 Å². The van der Waals surface area contributed by atoms with E-state index < -0.39 is 18.6 Å². The Kier molecular flexibility index (Phi) is 12.4. The van der Waals surface area contributed by atoms with Crippen LogP contribution in [-0.4, -0.2) is 79.3 Å². The van der Waals surface area contributed by atoms with Gasteiger partial charge >= 0.3 is 5.97 Å². The van der Waals surface area contributed by atoms with Crippen molar-refractivity contribution in [3.63, 3.8) is 0 Å². The number of carboxylic acids is 1. The number of aliphatic hydroxyl groups is 2. The topological polar surface area (TPSA) is 166 Å². The van der Waals surface area contributed by atoms with E-state index in [1.165, 1.54) is 6.20 Å². The molecular weight excluding hydrogens is 752 g/mol. The number of nitrogens with zero attached hydrogens (tertiary/aromatic N) is 5. The van der Waals surface area contributed by atoms with Gasteiger partial charge in [-0.15, -0.1) is 0 Å². The number of likely N-dealkylation sites (tertiary alicyclic amines) is 1. The number of halogens is 2. The summed E-state index contributed by atoms with van der Waals surface area (Å²) in [4.78, 5) is 17.8. The molecule has 0 amide bonds. The van der Waals surface area contributed by atoms with Gasteiger partial charge in [0.25, 0.3) is 0 Å². The number of fused-ring (bicyclic) bond motifs is 1. The summed E-state index contributed by atoms with van der Waals surface area (Å²) < 4.78 is 15.3. The van der Waals surface area contributed by atoms with Crippen molar-refractivity contribution in [2.45, 2.75) is 51.3 Å². The zero-order valence-corrected chi connectivity index (χ0v) is 30.6. The van der Waals surface area contributed by atoms with Crippen molar-refractivity contribution in [1.29, 1.82) is 5.26 Å². The number of hydrogen-bond acceptors (Lipinski definition) is 10. The maximum absolute atomic E-state index is 11.5. The highest BCUT2D eigenvalue weighted by Gasteiger charge is 2.21. The van der Waals surface area contributed by atoms with E-state index in [1.54, 1.807) is 24.3 Å². The van der Waals surface area contributed by atoms with Crippen LogP contribution in [0.2, 0.25) is 5.02 Å². The van der Waals surface area contributed by atoms with Crippen LogP contribution >= 0.6 is 27.5 Å². The van der Waals surface area contributed by atoms with Gasteiger partial charge in [0.2, 0.25) is 0 Å². The third-order valence-corrected chi connectivity index (χ3v) is 10.2. The van der Waals surface area contributed by atoms with Crippen molar-refractivity contribution >= 4 is 44.4 Å². The fraction of sp³-hybridized carbons (Fsp3) is 0.316. The first kappa shape index (κ1) is 37.2. The van der Waals surface area contributed by atoms with E-state index >= 15 is 0 Å². The zero-order valence-electron chi connectivity index (χ0n) is 28.2. The standard InChI is InChI=1S/C38H38BrClN6O6/c39-37-25(4-1-6-30(37)29-5-2-7-34-31(29)19-44-46(34)12-3-11-45-13-9-28(48)20-45)23-52-36-16-35(51-22-24-8-10-42-27(14-24)17-41)26(15-32(36)40)18-43-33(21-47)38(49)50/h1-2,4-8,10,14-16,19,28,33,43,47-48H,3,9,11-13,18,20-23H2,(H,49,50)/t28?,33-/m0/s1. The van der Waals surface area contributed by atoms with Crippen LogP contribution in [-0.2, 0) is 31.1 Å². The lowest BCUT2D eigenvalue weighted by Crippen LogP contribution is -2.39. The Hall–Kier alpha value is -4.55. The number of nitriles is 1. The molecule has 0 saturated carbocycles. The van der Waals surface area contributed by atoms with Crippen LogP contribution < -0.4 is 14.8 Å². The van der Waals surface area contributed by atoms with Gasteiger partial charge in [-0.1, -0.05) is 41.9 Å². The number of carbonyl (C=O) groups is 1. The summed E-state index contributed by atoms with van der Waals surface area (Å²) in [5, 5.41) is 46.8. The Bertz CT molecular complexity index is 2090. The maximum Gasteiger partial charge on any atom is 0.323 e. The van der Waals surface area contributed by atoms with Gasteiger partial charge in [0.1, 0.15) is 42.5 Å². The molecule has 3 heterocycles. The minimum absolute atomic E-state index is 0.0466. The predicted molar refractivity (Wildman–Crippen MR) is 199 cm³/mol. The number of rotatable bonds is 16. The van der Waals surface area contributed by atoms with Gasteiger partial charge in [-0.05, 0) is 69.7 Å². The number of carboxylic acid groups (broad SMARTS) is 1. The molecule has 14 heteroatoms. The van der Waals surface area contributed by atoms with Gasteiger partial charge in [0.05, 0.1) is 29.4 Å². The minimum atomic E-state index is -1.19. The first-order chi connectivity index (χ1) is 25.2. The molecule has 1 unspecified atom stereocenters. The van der Waals surface area contributed by atoms with E-state index in [9.17, 15) is 25.4 Å². The summed E-state index contributed by atoms with van der Waals surface area (Å²) in [5.41, 5.74) is 5.47. The quantitative estimate of drug-likeness (QED) is 0.0993. The number of aliphatic carboxylic acids is 1. The summed E-state index contributed by atoms with van der Waals surface area (Å²) in [6, 6.07) is 19.7. The highest BCUT2D eigenvalue weighted by molar-refractivity contribution is 9.10.